The highest BCUT2D eigenvalue weighted by molar-refractivity contribution is 6.01. The molecule has 6 heteroatoms. The van der Waals surface area contributed by atoms with Crippen LogP contribution in [-0.4, -0.2) is 27.5 Å². The summed E-state index contributed by atoms with van der Waals surface area (Å²) in [5.74, 6) is -0.951. The van der Waals surface area contributed by atoms with Crippen LogP contribution in [0.5, 0.6) is 0 Å². The third-order valence-electron chi connectivity index (χ3n) is 3.35. The van der Waals surface area contributed by atoms with E-state index in [1.54, 1.807) is 28.9 Å². The number of pyridine rings is 1. The van der Waals surface area contributed by atoms with Gasteiger partial charge >= 0.3 is 0 Å². The van der Waals surface area contributed by atoms with E-state index in [4.69, 9.17) is 0 Å². The number of aromatic nitrogens is 2. The first-order chi connectivity index (χ1) is 9.20. The molecule has 2 aromatic heterocycles. The van der Waals surface area contributed by atoms with E-state index in [0.29, 0.717) is 24.2 Å². The lowest BCUT2D eigenvalue weighted by Crippen LogP contribution is -2.39. The summed E-state index contributed by atoms with van der Waals surface area (Å²) in [7, 11) is 0. The fraction of sp³-hybridized carbons (Fsp3) is 0.231. The van der Waals surface area contributed by atoms with Gasteiger partial charge in [0.05, 0.1) is 11.6 Å². The smallest absolute Gasteiger partial charge is 0.234 e. The molecule has 1 unspecified atom stereocenters. The molecule has 0 spiro atoms. The second-order valence-electron chi connectivity index (χ2n) is 4.46. The number of carbonyl (C=O) groups is 3. The minimum atomic E-state index is -0.400. The van der Waals surface area contributed by atoms with Gasteiger partial charge in [0.1, 0.15) is 5.65 Å². The van der Waals surface area contributed by atoms with Crippen molar-refractivity contribution >= 4 is 23.7 Å². The van der Waals surface area contributed by atoms with Crippen LogP contribution in [0.3, 0.4) is 0 Å². The van der Waals surface area contributed by atoms with Gasteiger partial charge in [0.2, 0.25) is 11.8 Å². The summed E-state index contributed by atoms with van der Waals surface area (Å²) >= 11 is 0. The van der Waals surface area contributed by atoms with Crippen LogP contribution in [0.2, 0.25) is 0 Å². The van der Waals surface area contributed by atoms with Gasteiger partial charge in [-0.15, -0.1) is 0 Å². The van der Waals surface area contributed by atoms with E-state index < -0.39 is 5.92 Å². The zero-order valence-electron chi connectivity index (χ0n) is 10.00. The zero-order chi connectivity index (χ0) is 13.4. The summed E-state index contributed by atoms with van der Waals surface area (Å²) in [6.07, 6.45) is 4.78. The number of hydrogen-bond donors (Lipinski definition) is 1. The van der Waals surface area contributed by atoms with Crippen LogP contribution in [-0.2, 0) is 9.59 Å². The Morgan fingerprint density at radius 2 is 2.21 bits per heavy atom. The summed E-state index contributed by atoms with van der Waals surface area (Å²) in [5.41, 5.74) is 1.79. The number of carbonyl (C=O) groups excluding carboxylic acids is 3. The standard InChI is InChI=1S/C13H11N3O3/c17-7-8-1-2-9(12-14-5-6-16(8)12)10-3-4-11(18)15-13(10)19/h1-2,5-7,10H,3-4H2,(H,15,18,19). The van der Waals surface area contributed by atoms with Gasteiger partial charge in [-0.2, -0.15) is 0 Å². The van der Waals surface area contributed by atoms with Crippen molar-refractivity contribution in [2.45, 2.75) is 18.8 Å². The number of amides is 2. The molecule has 3 heterocycles. The summed E-state index contributed by atoms with van der Waals surface area (Å²) in [4.78, 5) is 38.2. The van der Waals surface area contributed by atoms with E-state index in [9.17, 15) is 14.4 Å². The number of aldehydes is 1. The van der Waals surface area contributed by atoms with Crippen molar-refractivity contribution in [2.24, 2.45) is 0 Å². The highest BCUT2D eigenvalue weighted by atomic mass is 16.2. The predicted octanol–water partition coefficient (Wildman–Crippen LogP) is 0.667. The molecule has 1 aliphatic heterocycles. The fourth-order valence-corrected chi connectivity index (χ4v) is 2.41. The molecular formula is C13H11N3O3. The largest absolute Gasteiger partial charge is 0.297 e. The van der Waals surface area contributed by atoms with Crippen molar-refractivity contribution in [1.29, 1.82) is 0 Å². The normalized spacial score (nSPS) is 19.5. The molecule has 0 bridgehead atoms. The quantitative estimate of drug-likeness (QED) is 0.633. The first-order valence-electron chi connectivity index (χ1n) is 5.95. The lowest BCUT2D eigenvalue weighted by molar-refractivity contribution is -0.134. The molecule has 3 rings (SSSR count). The van der Waals surface area contributed by atoms with Gasteiger partial charge in [0.25, 0.3) is 0 Å². The number of imidazole rings is 1. The minimum absolute atomic E-state index is 0.245. The van der Waals surface area contributed by atoms with Gasteiger partial charge in [-0.05, 0) is 12.5 Å². The summed E-state index contributed by atoms with van der Waals surface area (Å²) in [6, 6.07) is 3.38. The number of fused-ring (bicyclic) bond motifs is 1. The first-order valence-corrected chi connectivity index (χ1v) is 5.95. The van der Waals surface area contributed by atoms with Crippen LogP contribution >= 0.6 is 0 Å². The van der Waals surface area contributed by atoms with Crippen LogP contribution in [0.15, 0.2) is 24.5 Å². The molecular weight excluding hydrogens is 246 g/mol. The van der Waals surface area contributed by atoms with Crippen molar-refractivity contribution in [3.63, 3.8) is 0 Å². The average Bonchev–Trinajstić information content (AvgIpc) is 2.87. The number of imide groups is 1. The molecule has 0 aliphatic carbocycles. The molecule has 1 N–H and O–H groups in total. The number of piperidine rings is 1. The molecule has 1 atom stereocenters. The molecule has 96 valence electrons. The van der Waals surface area contributed by atoms with Crippen molar-refractivity contribution in [3.8, 4) is 0 Å². The molecule has 2 aromatic rings. The van der Waals surface area contributed by atoms with Crippen molar-refractivity contribution in [2.75, 3.05) is 0 Å². The molecule has 0 radical (unpaired) electrons. The molecule has 2 amide bonds. The SMILES string of the molecule is O=Cc1ccc(C2CCC(=O)NC2=O)c2nccn12. The number of rotatable bonds is 2. The van der Waals surface area contributed by atoms with Crippen LogP contribution in [0.1, 0.15) is 34.8 Å². The predicted molar refractivity (Wildman–Crippen MR) is 65.7 cm³/mol. The Hall–Kier alpha value is -2.50. The molecule has 0 saturated carbocycles. The second-order valence-corrected chi connectivity index (χ2v) is 4.46. The van der Waals surface area contributed by atoms with Crippen LogP contribution in [0.25, 0.3) is 5.65 Å². The summed E-state index contributed by atoms with van der Waals surface area (Å²) in [5, 5.41) is 2.33. The lowest BCUT2D eigenvalue weighted by Gasteiger charge is -2.21. The van der Waals surface area contributed by atoms with E-state index in [-0.39, 0.29) is 11.8 Å². The monoisotopic (exact) mass is 257 g/mol. The Morgan fingerprint density at radius 3 is 2.95 bits per heavy atom. The van der Waals surface area contributed by atoms with E-state index >= 15 is 0 Å². The first kappa shape index (κ1) is 11.6. The van der Waals surface area contributed by atoms with Gasteiger partial charge in [0.15, 0.2) is 6.29 Å². The Morgan fingerprint density at radius 1 is 1.37 bits per heavy atom. The number of hydrogen-bond acceptors (Lipinski definition) is 4. The van der Waals surface area contributed by atoms with Crippen LogP contribution in [0, 0.1) is 0 Å². The highest BCUT2D eigenvalue weighted by Crippen LogP contribution is 2.27. The average molecular weight is 257 g/mol. The lowest BCUT2D eigenvalue weighted by atomic mass is 9.91. The van der Waals surface area contributed by atoms with Gasteiger partial charge in [0, 0.05) is 24.4 Å². The van der Waals surface area contributed by atoms with E-state index in [1.807, 2.05) is 0 Å². The van der Waals surface area contributed by atoms with Crippen molar-refractivity contribution in [3.05, 3.63) is 35.8 Å². The highest BCUT2D eigenvalue weighted by Gasteiger charge is 2.29. The Kier molecular flexibility index (Phi) is 2.63. The Bertz CT molecular complexity index is 689. The topological polar surface area (TPSA) is 80.5 Å². The van der Waals surface area contributed by atoms with Crippen LogP contribution < -0.4 is 5.32 Å². The van der Waals surface area contributed by atoms with Crippen molar-refractivity contribution in [1.82, 2.24) is 14.7 Å². The fourth-order valence-electron chi connectivity index (χ4n) is 2.41. The van der Waals surface area contributed by atoms with E-state index in [1.165, 1.54) is 0 Å². The molecule has 1 saturated heterocycles. The van der Waals surface area contributed by atoms with Gasteiger partial charge in [-0.3, -0.25) is 24.1 Å². The van der Waals surface area contributed by atoms with E-state index in [2.05, 4.69) is 10.3 Å². The Labute approximate surface area is 108 Å². The third kappa shape index (κ3) is 1.81. The Balaban J connectivity index is 2.11. The van der Waals surface area contributed by atoms with Gasteiger partial charge in [-0.1, -0.05) is 6.07 Å². The number of nitrogens with zero attached hydrogens (tertiary/aromatic N) is 2. The molecule has 0 aromatic carbocycles. The second kappa shape index (κ2) is 4.31. The van der Waals surface area contributed by atoms with Crippen LogP contribution in [0.4, 0.5) is 0 Å². The molecule has 6 nitrogen and oxygen atoms in total. The molecule has 19 heavy (non-hydrogen) atoms. The molecule has 1 fully saturated rings. The molecule has 1 aliphatic rings. The van der Waals surface area contributed by atoms with Crippen molar-refractivity contribution < 1.29 is 14.4 Å². The summed E-state index contributed by atoms with van der Waals surface area (Å²) in [6.45, 7) is 0. The third-order valence-corrected chi connectivity index (χ3v) is 3.35. The maximum Gasteiger partial charge on any atom is 0.234 e. The van der Waals surface area contributed by atoms with E-state index in [0.717, 1.165) is 11.8 Å². The summed E-state index contributed by atoms with van der Waals surface area (Å²) < 4.78 is 1.64. The minimum Gasteiger partial charge on any atom is -0.297 e. The zero-order valence-corrected chi connectivity index (χ0v) is 10.00. The van der Waals surface area contributed by atoms with Gasteiger partial charge < -0.3 is 0 Å². The maximum atomic E-state index is 11.9. The van der Waals surface area contributed by atoms with Gasteiger partial charge in [-0.25, -0.2) is 4.98 Å². The number of nitrogens with one attached hydrogen (secondary N) is 1. The maximum absolute atomic E-state index is 11.9.